The molecule has 1 rings (SSSR count). The molecule has 1 unspecified atom stereocenters. The van der Waals surface area contributed by atoms with E-state index >= 15 is 0 Å². The molecule has 0 aromatic heterocycles. The van der Waals surface area contributed by atoms with E-state index in [0.717, 1.165) is 5.56 Å². The van der Waals surface area contributed by atoms with Crippen molar-refractivity contribution >= 4 is 26.7 Å². The fourth-order valence-electron chi connectivity index (χ4n) is 0.975. The molecule has 0 aliphatic carbocycles. The van der Waals surface area contributed by atoms with Gasteiger partial charge in [0, 0.05) is 38.4 Å². The van der Waals surface area contributed by atoms with Gasteiger partial charge < -0.3 is 15.8 Å². The number of carbonyl (C=O) groups excluding carboxylic acids is 2. The van der Waals surface area contributed by atoms with Gasteiger partial charge in [0.1, 0.15) is 6.61 Å². The Morgan fingerprint density at radius 1 is 1.44 bits per heavy atom. The average molecular weight is 316 g/mol. The van der Waals surface area contributed by atoms with Crippen LogP contribution in [0.4, 0.5) is 15.3 Å². The third-order valence-corrected chi connectivity index (χ3v) is 1.74. The van der Waals surface area contributed by atoms with Crippen molar-refractivity contribution in [2.45, 2.75) is 6.61 Å². The van der Waals surface area contributed by atoms with Crippen molar-refractivity contribution in [3.05, 3.63) is 29.8 Å². The summed E-state index contributed by atoms with van der Waals surface area (Å²) in [7, 11) is 2.01. The first-order chi connectivity index (χ1) is 7.61. The number of primary amides is 1. The van der Waals surface area contributed by atoms with Crippen LogP contribution in [0.2, 0.25) is 1.41 Å². The molecular formula is C9H11N2O3PY. The minimum Gasteiger partial charge on any atom is -0.445 e. The predicted molar refractivity (Wildman–Crippen MR) is 59.5 cm³/mol. The van der Waals surface area contributed by atoms with E-state index in [0.29, 0.717) is 5.69 Å². The number of benzene rings is 1. The van der Waals surface area contributed by atoms with E-state index in [9.17, 15) is 9.59 Å². The average Bonchev–Trinajstić information content (AvgIpc) is 2.27. The second kappa shape index (κ2) is 7.72. The topological polar surface area (TPSA) is 81.4 Å². The molecule has 1 aromatic rings. The van der Waals surface area contributed by atoms with E-state index in [1.165, 1.54) is 0 Å². The monoisotopic (exact) mass is 316 g/mol. The maximum Gasteiger partial charge on any atom is 0.404 e. The van der Waals surface area contributed by atoms with E-state index in [4.69, 9.17) is 1.41 Å². The van der Waals surface area contributed by atoms with E-state index in [1.807, 2.05) is 9.24 Å². The number of hydrogen-bond donors (Lipinski definition) is 2. The van der Waals surface area contributed by atoms with Crippen LogP contribution in [0.25, 0.3) is 0 Å². The van der Waals surface area contributed by atoms with E-state index in [2.05, 4.69) is 10.1 Å². The first-order valence-electron chi connectivity index (χ1n) is 4.61. The third-order valence-electron chi connectivity index (χ3n) is 1.59. The summed E-state index contributed by atoms with van der Waals surface area (Å²) in [6, 6.07) is 6.82. The molecule has 1 atom stereocenters. The van der Waals surface area contributed by atoms with Crippen LogP contribution in [0.5, 0.6) is 0 Å². The number of hydrogen-bond acceptors (Lipinski definition) is 3. The van der Waals surface area contributed by atoms with Crippen LogP contribution in [-0.2, 0) is 44.1 Å². The van der Waals surface area contributed by atoms with Crippen molar-refractivity contribution in [3.8, 4) is 0 Å². The van der Waals surface area contributed by atoms with Gasteiger partial charge in [-0.15, -0.1) is 0 Å². The molecule has 83 valence electrons. The van der Waals surface area contributed by atoms with Gasteiger partial charge in [0.15, 0.2) is 1.41 Å². The zero-order valence-electron chi connectivity index (χ0n) is 9.40. The van der Waals surface area contributed by atoms with Gasteiger partial charge in [0.2, 0.25) is 5.65 Å². The summed E-state index contributed by atoms with van der Waals surface area (Å²) in [6.45, 7) is 0.0831. The summed E-state index contributed by atoms with van der Waals surface area (Å²) in [5, 5.41) is 2.58. The van der Waals surface area contributed by atoms with Gasteiger partial charge >= 0.3 is 6.09 Å². The van der Waals surface area contributed by atoms with Gasteiger partial charge in [-0.3, -0.25) is 4.79 Å². The summed E-state index contributed by atoms with van der Waals surface area (Å²) in [4.78, 5) is 21.3. The molecule has 0 saturated heterocycles. The predicted octanol–water partition coefficient (Wildman–Crippen LogP) is 1.69. The Hall–Kier alpha value is -0.506. The quantitative estimate of drug-likeness (QED) is 0.833. The molecule has 16 heavy (non-hydrogen) atoms. The smallest absolute Gasteiger partial charge is 0.404 e. The molecule has 1 radical (unpaired) electrons. The van der Waals surface area contributed by atoms with Crippen LogP contribution in [0.1, 0.15) is 5.56 Å². The number of rotatable bonds is 3. The second-order valence-electron chi connectivity index (χ2n) is 2.76. The summed E-state index contributed by atoms with van der Waals surface area (Å²) < 4.78 is 11.2. The molecule has 5 nitrogen and oxygen atoms in total. The van der Waals surface area contributed by atoms with Crippen LogP contribution in [0.3, 0.4) is 0 Å². The Bertz CT molecular complexity index is 388. The molecule has 3 N–H and O–H groups in total. The largest absolute Gasteiger partial charge is 0.445 e. The molecule has 0 aliphatic rings. The Balaban J connectivity index is 0.00000256. The Kier molecular flexibility index (Phi) is 6.54. The van der Waals surface area contributed by atoms with Gasteiger partial charge in [-0.25, -0.2) is 4.79 Å². The minimum absolute atomic E-state index is 0. The van der Waals surface area contributed by atoms with Gasteiger partial charge in [-0.1, -0.05) is 12.1 Å². The van der Waals surface area contributed by atoms with Crippen LogP contribution in [0.15, 0.2) is 24.3 Å². The number of nitrogens with two attached hydrogens (primary N) is 1. The molecule has 2 amide bonds. The maximum absolute atomic E-state index is 10.7. The van der Waals surface area contributed by atoms with E-state index in [-0.39, 0.29) is 45.0 Å². The zero-order valence-corrected chi connectivity index (χ0v) is 12.4. The maximum atomic E-state index is 10.7. The molecule has 7 heteroatoms. The number of carbonyl (C=O) groups is 2. The molecule has 0 heterocycles. The summed E-state index contributed by atoms with van der Waals surface area (Å²) in [5.74, 6) is 0. The number of nitrogens with one attached hydrogen (secondary N) is 1. The van der Waals surface area contributed by atoms with Crippen LogP contribution in [-0.4, -0.2) is 11.7 Å². The van der Waals surface area contributed by atoms with Crippen molar-refractivity contribution in [2.75, 3.05) is 5.32 Å². The standard InChI is InChI=1S/C9H11N2O3P.Y/c10-8(12)14-5-6-1-3-7(4-2-6)11-9(13)15;/h1-4H,5,15H2,(H2,10,12)(H,11,13);/i/hD. The molecule has 0 saturated carbocycles. The van der Waals surface area contributed by atoms with Gasteiger partial charge in [0.25, 0.3) is 0 Å². The van der Waals surface area contributed by atoms with Crippen LogP contribution < -0.4 is 11.0 Å². The van der Waals surface area contributed by atoms with E-state index in [1.54, 1.807) is 30.0 Å². The fourth-order valence-corrected chi connectivity index (χ4v) is 1.14. The summed E-state index contributed by atoms with van der Waals surface area (Å²) >= 11 is 0. The number of ether oxygens (including phenoxy) is 1. The van der Waals surface area contributed by atoms with Gasteiger partial charge in [0.05, 0.1) is 0 Å². The van der Waals surface area contributed by atoms with E-state index < -0.39 is 6.09 Å². The molecule has 0 spiro atoms. The van der Waals surface area contributed by atoms with Crippen LogP contribution >= 0.6 is 9.24 Å². The molecule has 0 bridgehead atoms. The normalized spacial score (nSPS) is 9.44. The van der Waals surface area contributed by atoms with Crippen molar-refractivity contribution in [2.24, 2.45) is 5.73 Å². The fraction of sp³-hybridized carbons (Fsp3) is 0.111. The van der Waals surface area contributed by atoms with Gasteiger partial charge in [-0.05, 0) is 26.9 Å². The van der Waals surface area contributed by atoms with Crippen molar-refractivity contribution in [1.29, 1.82) is 0 Å². The van der Waals surface area contributed by atoms with Crippen LogP contribution in [0, 0.1) is 0 Å². The molecule has 0 fully saturated rings. The SMILES string of the molecule is [2H]NC(=O)OCc1ccc(NC(=O)P)cc1.[Y]. The Morgan fingerprint density at radius 2 is 2.06 bits per heavy atom. The minimum atomic E-state index is -0.803. The first kappa shape index (κ1) is 13.6. The van der Waals surface area contributed by atoms with Gasteiger partial charge in [-0.2, -0.15) is 0 Å². The second-order valence-corrected chi connectivity index (χ2v) is 3.29. The number of amides is 2. The Morgan fingerprint density at radius 3 is 2.56 bits per heavy atom. The number of anilines is 1. The van der Waals surface area contributed by atoms with Crippen molar-refractivity contribution in [3.63, 3.8) is 0 Å². The summed E-state index contributed by atoms with van der Waals surface area (Å²) in [5.41, 5.74) is 2.81. The third kappa shape index (κ3) is 6.16. The molecule has 0 aliphatic heterocycles. The first-order valence-corrected chi connectivity index (χ1v) is 4.69. The van der Waals surface area contributed by atoms with Crippen molar-refractivity contribution in [1.82, 2.24) is 0 Å². The molecule has 1 aromatic carbocycles. The zero-order chi connectivity index (χ0) is 12.0. The Labute approximate surface area is 122 Å². The molecular weight excluding hydrogens is 304 g/mol. The summed E-state index contributed by atoms with van der Waals surface area (Å²) in [6.07, 6.45) is -0.803. The van der Waals surface area contributed by atoms with Crippen molar-refractivity contribution < 1.29 is 48.4 Å².